The van der Waals surface area contributed by atoms with Crippen LogP contribution < -0.4 is 0 Å². The monoisotopic (exact) mass is 784 g/mol. The van der Waals surface area contributed by atoms with Crippen molar-refractivity contribution < 1.29 is 15.3 Å². The fraction of sp³-hybridized carbons (Fsp3) is 0.647. The van der Waals surface area contributed by atoms with Crippen LogP contribution in [-0.2, 0) is 52.1 Å². The molecule has 1 aliphatic rings. The van der Waals surface area contributed by atoms with E-state index in [1.165, 1.54) is 16.7 Å². The topological polar surface area (TPSA) is 70.4 Å². The van der Waals surface area contributed by atoms with Crippen molar-refractivity contribution in [3.05, 3.63) is 86.5 Å². The second-order valence-electron chi connectivity index (χ2n) is 23.5. The third-order valence-electron chi connectivity index (χ3n) is 12.3. The SMILES string of the molecule is CC1N(Cc2cc(C(C)(C)C)c(O)c(C(C)(C)C)c2)C(C)N(Cc2cc(C(C)(C)C)c(O)c(C(C)(C)C)c2)C(C)N1Cc1cc(C(C)(C)C)c(O)c(C(C)(C)C)c1. The van der Waals surface area contributed by atoms with Crippen LogP contribution in [0.15, 0.2) is 36.4 Å². The van der Waals surface area contributed by atoms with E-state index in [0.717, 1.165) is 33.4 Å². The second-order valence-corrected chi connectivity index (χ2v) is 23.5. The van der Waals surface area contributed by atoms with E-state index in [2.05, 4.69) is 196 Å². The van der Waals surface area contributed by atoms with Crippen LogP contribution >= 0.6 is 0 Å². The molecule has 0 amide bonds. The van der Waals surface area contributed by atoms with Crippen LogP contribution in [-0.4, -0.2) is 48.5 Å². The largest absolute Gasteiger partial charge is 0.507 e. The molecule has 1 heterocycles. The molecule has 6 nitrogen and oxygen atoms in total. The minimum Gasteiger partial charge on any atom is -0.507 e. The van der Waals surface area contributed by atoms with Gasteiger partial charge in [0, 0.05) is 19.6 Å². The highest BCUT2D eigenvalue weighted by Gasteiger charge is 2.42. The number of aromatic hydroxyl groups is 3. The zero-order chi connectivity index (χ0) is 43.8. The van der Waals surface area contributed by atoms with Gasteiger partial charge in [-0.25, -0.2) is 0 Å². The Balaban J connectivity index is 1.94. The number of hydrogen-bond donors (Lipinski definition) is 3. The molecular weight excluding hydrogens is 703 g/mol. The summed E-state index contributed by atoms with van der Waals surface area (Å²) in [5.41, 5.74) is 8.09. The van der Waals surface area contributed by atoms with Gasteiger partial charge in [-0.1, -0.05) is 161 Å². The van der Waals surface area contributed by atoms with E-state index in [9.17, 15) is 15.3 Å². The fourth-order valence-electron chi connectivity index (χ4n) is 8.72. The van der Waals surface area contributed by atoms with Crippen molar-refractivity contribution >= 4 is 0 Å². The third-order valence-corrected chi connectivity index (χ3v) is 12.3. The van der Waals surface area contributed by atoms with Crippen LogP contribution in [0.1, 0.15) is 195 Å². The molecule has 0 aliphatic carbocycles. The van der Waals surface area contributed by atoms with Gasteiger partial charge in [0.1, 0.15) is 17.2 Å². The maximum atomic E-state index is 11.6. The molecule has 0 unspecified atom stereocenters. The molecule has 57 heavy (non-hydrogen) atoms. The molecule has 6 heteroatoms. The molecule has 0 spiro atoms. The Kier molecular flexibility index (Phi) is 12.7. The van der Waals surface area contributed by atoms with Crippen molar-refractivity contribution in [1.82, 2.24) is 14.7 Å². The van der Waals surface area contributed by atoms with Crippen molar-refractivity contribution in [1.29, 1.82) is 0 Å². The average Bonchev–Trinajstić information content (AvgIpc) is 3.02. The van der Waals surface area contributed by atoms with Gasteiger partial charge in [-0.2, -0.15) is 0 Å². The summed E-state index contributed by atoms with van der Waals surface area (Å²) in [5, 5.41) is 34.9. The summed E-state index contributed by atoms with van der Waals surface area (Å²) in [5.74, 6) is 1.22. The number of nitrogens with zero attached hydrogens (tertiary/aromatic N) is 3. The van der Waals surface area contributed by atoms with Crippen LogP contribution in [0.25, 0.3) is 0 Å². The Morgan fingerprint density at radius 2 is 0.474 bits per heavy atom. The van der Waals surface area contributed by atoms with Crippen LogP contribution in [0.3, 0.4) is 0 Å². The van der Waals surface area contributed by atoms with E-state index < -0.39 is 0 Å². The first-order valence-corrected chi connectivity index (χ1v) is 21.4. The Hall–Kier alpha value is -3.06. The summed E-state index contributed by atoms with van der Waals surface area (Å²) in [4.78, 5) is 7.82. The highest BCUT2D eigenvalue weighted by atomic mass is 16.3. The van der Waals surface area contributed by atoms with E-state index >= 15 is 0 Å². The van der Waals surface area contributed by atoms with Crippen molar-refractivity contribution in [2.24, 2.45) is 0 Å². The molecule has 1 saturated heterocycles. The second kappa shape index (κ2) is 15.5. The van der Waals surface area contributed by atoms with Gasteiger partial charge in [-0.3, -0.25) is 14.7 Å². The van der Waals surface area contributed by atoms with E-state index in [0.29, 0.717) is 36.9 Å². The average molecular weight is 784 g/mol. The molecule has 3 N–H and O–H groups in total. The van der Waals surface area contributed by atoms with Gasteiger partial charge >= 0.3 is 0 Å². The molecule has 0 bridgehead atoms. The third kappa shape index (κ3) is 10.0. The lowest BCUT2D eigenvalue weighted by Crippen LogP contribution is -2.67. The summed E-state index contributed by atoms with van der Waals surface area (Å²) in [6.07, 6.45) is 0.198. The molecule has 318 valence electrons. The predicted octanol–water partition coefficient (Wildman–Crippen LogP) is 12.4. The van der Waals surface area contributed by atoms with E-state index in [-0.39, 0.29) is 51.0 Å². The molecule has 0 atom stereocenters. The minimum absolute atomic E-state index is 0.0660. The molecular formula is C51H81N3O3. The first-order valence-electron chi connectivity index (χ1n) is 21.4. The van der Waals surface area contributed by atoms with Gasteiger partial charge in [0.05, 0.1) is 18.5 Å². The van der Waals surface area contributed by atoms with Gasteiger partial charge in [0.25, 0.3) is 0 Å². The molecule has 0 saturated carbocycles. The summed E-state index contributed by atoms with van der Waals surface area (Å²) in [6.45, 7) is 48.4. The quantitative estimate of drug-likeness (QED) is 0.231. The maximum absolute atomic E-state index is 11.6. The van der Waals surface area contributed by atoms with Crippen LogP contribution in [0, 0.1) is 0 Å². The van der Waals surface area contributed by atoms with Crippen LogP contribution in [0.4, 0.5) is 0 Å². The highest BCUT2D eigenvalue weighted by Crippen LogP contribution is 2.44. The number of benzene rings is 3. The van der Waals surface area contributed by atoms with Gasteiger partial charge in [-0.15, -0.1) is 0 Å². The van der Waals surface area contributed by atoms with E-state index in [1.807, 2.05) is 0 Å². The summed E-state index contributed by atoms with van der Waals surface area (Å²) >= 11 is 0. The lowest BCUT2D eigenvalue weighted by molar-refractivity contribution is -0.168. The Morgan fingerprint density at radius 3 is 0.596 bits per heavy atom. The van der Waals surface area contributed by atoms with Crippen molar-refractivity contribution in [3.63, 3.8) is 0 Å². The van der Waals surface area contributed by atoms with Gasteiger partial charge in [0.2, 0.25) is 0 Å². The molecule has 3 aromatic carbocycles. The number of phenols is 3. The maximum Gasteiger partial charge on any atom is 0.123 e. The Labute approximate surface area is 348 Å². The van der Waals surface area contributed by atoms with Crippen molar-refractivity contribution in [2.45, 2.75) is 216 Å². The highest BCUT2D eigenvalue weighted by molar-refractivity contribution is 5.52. The van der Waals surface area contributed by atoms with E-state index in [1.54, 1.807) is 0 Å². The number of rotatable bonds is 6. The lowest BCUT2D eigenvalue weighted by atomic mass is 9.78. The molecule has 0 radical (unpaired) electrons. The van der Waals surface area contributed by atoms with Crippen LogP contribution in [0.5, 0.6) is 17.2 Å². The number of hydrogen-bond acceptors (Lipinski definition) is 6. The molecule has 1 aliphatic heterocycles. The fourth-order valence-corrected chi connectivity index (χ4v) is 8.72. The van der Waals surface area contributed by atoms with Gasteiger partial charge < -0.3 is 15.3 Å². The molecule has 3 aromatic rings. The van der Waals surface area contributed by atoms with Crippen molar-refractivity contribution in [3.8, 4) is 17.2 Å². The lowest BCUT2D eigenvalue weighted by Gasteiger charge is -2.56. The molecule has 1 fully saturated rings. The first-order chi connectivity index (χ1) is 25.5. The van der Waals surface area contributed by atoms with Crippen molar-refractivity contribution in [2.75, 3.05) is 0 Å². The Bertz CT molecular complexity index is 1580. The number of phenolic OH excluding ortho intramolecular Hbond substituents is 3. The molecule has 0 aromatic heterocycles. The van der Waals surface area contributed by atoms with E-state index in [4.69, 9.17) is 0 Å². The molecule has 4 rings (SSSR count). The predicted molar refractivity (Wildman–Crippen MR) is 242 cm³/mol. The van der Waals surface area contributed by atoms with Gasteiger partial charge in [-0.05, 0) is 103 Å². The van der Waals surface area contributed by atoms with Gasteiger partial charge in [0.15, 0.2) is 0 Å². The zero-order valence-corrected chi connectivity index (χ0v) is 40.0. The standard InChI is InChI=1S/C51H81N3O3/c1-31-52(28-34-22-37(46(4,5)6)43(55)38(23-34)47(7,8)9)32(2)54(30-36-26-41(50(16,17)18)45(57)42(27-36)51(19,20)21)33(3)53(31)29-35-24-39(48(10,11)12)44(56)40(25-35)49(13,14)15/h22-27,31-33,55-57H,28-30H2,1-21H3. The first kappa shape index (κ1) is 46.6. The summed E-state index contributed by atoms with van der Waals surface area (Å²) < 4.78 is 0. The van der Waals surface area contributed by atoms with Crippen LogP contribution in [0.2, 0.25) is 0 Å². The smallest absolute Gasteiger partial charge is 0.123 e. The minimum atomic E-state index is -0.228. The zero-order valence-electron chi connectivity index (χ0n) is 40.0. The Morgan fingerprint density at radius 1 is 0.333 bits per heavy atom. The summed E-state index contributed by atoms with van der Waals surface area (Å²) in [6, 6.07) is 13.4. The normalized spacial score (nSPS) is 20.1. The summed E-state index contributed by atoms with van der Waals surface area (Å²) in [7, 11) is 0.